The standard InChI is InChI=1S/C25H31N7O3S/c33-22(14-19-5-1-2-10-26-19)28-21-7-3-11-27-32(21)16-17-8-9-18(13-17)24-30-31-25(36-24)29-23(34)15-20-6-4-12-35-20/h1-3,5,7,10-11,17-18,20,27H,4,6,8-9,12-16H2,(H,28,33)(H,29,31,34)/t17-,18+,20+/m0/s1. The molecule has 3 aliphatic rings. The number of nitrogens with one attached hydrogen (secondary N) is 3. The van der Waals surface area contributed by atoms with Crippen molar-refractivity contribution in [3.63, 3.8) is 0 Å². The summed E-state index contributed by atoms with van der Waals surface area (Å²) in [4.78, 5) is 29.1. The van der Waals surface area contributed by atoms with Gasteiger partial charge in [0.2, 0.25) is 16.9 Å². The zero-order valence-corrected chi connectivity index (χ0v) is 20.9. The predicted molar refractivity (Wildman–Crippen MR) is 135 cm³/mol. The molecule has 2 fully saturated rings. The summed E-state index contributed by atoms with van der Waals surface area (Å²) in [6.45, 7) is 1.50. The van der Waals surface area contributed by atoms with Gasteiger partial charge in [0, 0.05) is 37.2 Å². The maximum absolute atomic E-state index is 12.6. The van der Waals surface area contributed by atoms with E-state index in [1.807, 2.05) is 41.6 Å². The molecule has 190 valence electrons. The van der Waals surface area contributed by atoms with Gasteiger partial charge >= 0.3 is 0 Å². The molecule has 0 spiro atoms. The van der Waals surface area contributed by atoms with Gasteiger partial charge in [0.25, 0.3) is 0 Å². The second kappa shape index (κ2) is 11.6. The van der Waals surface area contributed by atoms with E-state index in [9.17, 15) is 9.59 Å². The Morgan fingerprint density at radius 3 is 2.94 bits per heavy atom. The molecular formula is C25H31N7O3S. The number of ether oxygens (including phenoxy) is 1. The molecule has 0 bridgehead atoms. The number of nitrogens with zero attached hydrogens (tertiary/aromatic N) is 4. The SMILES string of the molecule is O=C(Cc1ccccn1)NC1=CC=CNN1C[C@H]1CC[C@@H](c2nnc(NC(=O)C[C@H]3CCCO3)s2)C1. The van der Waals surface area contributed by atoms with Gasteiger partial charge in [-0.15, -0.1) is 10.2 Å². The van der Waals surface area contributed by atoms with E-state index in [4.69, 9.17) is 4.74 Å². The zero-order valence-electron chi connectivity index (χ0n) is 20.1. The van der Waals surface area contributed by atoms with Gasteiger partial charge in [-0.2, -0.15) is 0 Å². The molecule has 36 heavy (non-hydrogen) atoms. The lowest BCUT2D eigenvalue weighted by Crippen LogP contribution is -2.45. The smallest absolute Gasteiger partial charge is 0.231 e. The lowest BCUT2D eigenvalue weighted by atomic mass is 10.1. The maximum atomic E-state index is 12.6. The summed E-state index contributed by atoms with van der Waals surface area (Å²) in [6.07, 6.45) is 13.0. The Bertz CT molecular complexity index is 1110. The van der Waals surface area contributed by atoms with Gasteiger partial charge in [-0.25, -0.2) is 0 Å². The predicted octanol–water partition coefficient (Wildman–Crippen LogP) is 2.86. The fourth-order valence-corrected chi connectivity index (χ4v) is 5.81. The highest BCUT2D eigenvalue weighted by atomic mass is 32.1. The summed E-state index contributed by atoms with van der Waals surface area (Å²) in [5.41, 5.74) is 3.98. The lowest BCUT2D eigenvalue weighted by Gasteiger charge is -2.31. The Morgan fingerprint density at radius 2 is 2.11 bits per heavy atom. The molecule has 2 amide bonds. The molecule has 3 N–H and O–H groups in total. The number of pyridine rings is 1. The fraction of sp³-hybridized carbons (Fsp3) is 0.480. The largest absolute Gasteiger partial charge is 0.378 e. The van der Waals surface area contributed by atoms with Crippen molar-refractivity contribution in [1.29, 1.82) is 0 Å². The number of hydrogen-bond donors (Lipinski definition) is 3. The van der Waals surface area contributed by atoms with Crippen LogP contribution in [0.1, 0.15) is 55.1 Å². The first kappa shape index (κ1) is 24.4. The summed E-state index contributed by atoms with van der Waals surface area (Å²) >= 11 is 1.46. The highest BCUT2D eigenvalue weighted by Gasteiger charge is 2.31. The number of anilines is 1. The topological polar surface area (TPSA) is 121 Å². The van der Waals surface area contributed by atoms with Gasteiger partial charge in [-0.1, -0.05) is 17.4 Å². The quantitative estimate of drug-likeness (QED) is 0.472. The molecule has 0 radical (unpaired) electrons. The van der Waals surface area contributed by atoms with Crippen LogP contribution in [0.4, 0.5) is 5.13 Å². The average Bonchev–Trinajstić information content (AvgIpc) is 3.64. The zero-order chi connectivity index (χ0) is 24.7. The number of carbonyl (C=O) groups is 2. The highest BCUT2D eigenvalue weighted by molar-refractivity contribution is 7.15. The van der Waals surface area contributed by atoms with Crippen LogP contribution < -0.4 is 16.1 Å². The molecule has 1 aliphatic carbocycles. The van der Waals surface area contributed by atoms with E-state index >= 15 is 0 Å². The Balaban J connectivity index is 1.10. The minimum absolute atomic E-state index is 0.0185. The number of hydrogen-bond acceptors (Lipinski definition) is 9. The number of carbonyl (C=O) groups excluding carboxylic acids is 2. The monoisotopic (exact) mass is 509 g/mol. The minimum atomic E-state index is -0.103. The van der Waals surface area contributed by atoms with Crippen LogP contribution >= 0.6 is 11.3 Å². The first-order valence-corrected chi connectivity index (χ1v) is 13.3. The van der Waals surface area contributed by atoms with E-state index in [2.05, 4.69) is 31.2 Å². The van der Waals surface area contributed by atoms with Gasteiger partial charge in [-0.3, -0.25) is 19.6 Å². The fourth-order valence-electron chi connectivity index (χ4n) is 4.90. The molecule has 4 heterocycles. The molecule has 3 atom stereocenters. The normalized spacial score (nSPS) is 23.3. The molecule has 2 aliphatic heterocycles. The second-order valence-electron chi connectivity index (χ2n) is 9.41. The number of aromatic nitrogens is 3. The van der Waals surface area contributed by atoms with Crippen molar-refractivity contribution in [3.8, 4) is 0 Å². The summed E-state index contributed by atoms with van der Waals surface area (Å²) < 4.78 is 5.54. The van der Waals surface area contributed by atoms with Crippen molar-refractivity contribution in [2.24, 2.45) is 5.92 Å². The number of allylic oxidation sites excluding steroid dienone is 2. The van der Waals surface area contributed by atoms with Crippen molar-refractivity contribution in [2.45, 2.75) is 57.0 Å². The van der Waals surface area contributed by atoms with E-state index < -0.39 is 0 Å². The average molecular weight is 510 g/mol. The molecule has 2 aromatic rings. The van der Waals surface area contributed by atoms with E-state index in [0.717, 1.165) is 61.8 Å². The molecular weight excluding hydrogens is 478 g/mol. The molecule has 1 saturated heterocycles. The van der Waals surface area contributed by atoms with Crippen molar-refractivity contribution in [2.75, 3.05) is 18.5 Å². The van der Waals surface area contributed by atoms with E-state index in [-0.39, 0.29) is 24.3 Å². The Hall–Kier alpha value is -3.31. The highest BCUT2D eigenvalue weighted by Crippen LogP contribution is 2.40. The number of amides is 2. The Labute approximate surface area is 214 Å². The molecule has 5 rings (SSSR count). The summed E-state index contributed by atoms with van der Waals surface area (Å²) in [7, 11) is 0. The minimum Gasteiger partial charge on any atom is -0.378 e. The van der Waals surface area contributed by atoms with Crippen molar-refractivity contribution >= 4 is 28.3 Å². The van der Waals surface area contributed by atoms with Gasteiger partial charge < -0.3 is 20.8 Å². The maximum Gasteiger partial charge on any atom is 0.231 e. The first-order chi connectivity index (χ1) is 17.6. The van der Waals surface area contributed by atoms with Gasteiger partial charge in [-0.05, 0) is 62.3 Å². The third-order valence-corrected chi connectivity index (χ3v) is 7.66. The Morgan fingerprint density at radius 1 is 1.17 bits per heavy atom. The molecule has 10 nitrogen and oxygen atoms in total. The van der Waals surface area contributed by atoms with Crippen LogP contribution in [0.2, 0.25) is 0 Å². The first-order valence-electron chi connectivity index (χ1n) is 12.5. The van der Waals surface area contributed by atoms with Gasteiger partial charge in [0.1, 0.15) is 10.8 Å². The molecule has 1 saturated carbocycles. The molecule has 2 aromatic heterocycles. The van der Waals surface area contributed by atoms with E-state index in [1.54, 1.807) is 6.20 Å². The van der Waals surface area contributed by atoms with Crippen LogP contribution in [0.5, 0.6) is 0 Å². The molecule has 11 heteroatoms. The van der Waals surface area contributed by atoms with Gasteiger partial charge in [0.05, 0.1) is 18.9 Å². The third kappa shape index (κ3) is 6.46. The van der Waals surface area contributed by atoms with Crippen LogP contribution in [0.3, 0.4) is 0 Å². The van der Waals surface area contributed by atoms with Crippen molar-refractivity contribution < 1.29 is 14.3 Å². The number of hydrazine groups is 1. The second-order valence-corrected chi connectivity index (χ2v) is 10.4. The molecule has 0 aromatic carbocycles. The number of rotatable bonds is 9. The van der Waals surface area contributed by atoms with Crippen LogP contribution in [-0.2, 0) is 20.7 Å². The van der Waals surface area contributed by atoms with Crippen molar-refractivity contribution in [3.05, 3.63) is 59.3 Å². The Kier molecular flexibility index (Phi) is 7.87. The third-order valence-electron chi connectivity index (χ3n) is 6.66. The van der Waals surface area contributed by atoms with Crippen LogP contribution in [0.15, 0.2) is 48.6 Å². The summed E-state index contributed by atoms with van der Waals surface area (Å²) in [6, 6.07) is 5.56. The summed E-state index contributed by atoms with van der Waals surface area (Å²) in [5, 5.41) is 18.0. The van der Waals surface area contributed by atoms with Crippen LogP contribution in [0, 0.1) is 5.92 Å². The lowest BCUT2D eigenvalue weighted by molar-refractivity contribution is -0.120. The van der Waals surface area contributed by atoms with Crippen LogP contribution in [-0.4, -0.2) is 51.3 Å². The summed E-state index contributed by atoms with van der Waals surface area (Å²) in [5.74, 6) is 1.32. The van der Waals surface area contributed by atoms with E-state index in [1.165, 1.54) is 11.3 Å². The van der Waals surface area contributed by atoms with Crippen molar-refractivity contribution in [1.82, 2.24) is 30.9 Å². The van der Waals surface area contributed by atoms with Gasteiger partial charge in [0.15, 0.2) is 0 Å². The molecule has 0 unspecified atom stereocenters. The van der Waals surface area contributed by atoms with E-state index in [0.29, 0.717) is 23.4 Å². The van der Waals surface area contributed by atoms with Crippen LogP contribution in [0.25, 0.3) is 0 Å².